The zero-order valence-electron chi connectivity index (χ0n) is 28.9. The Morgan fingerprint density at radius 3 is 0.829 bits per heavy atom. The zero-order chi connectivity index (χ0) is 29.5. The maximum absolute atomic E-state index is 3.67. The molecule has 0 heterocycles. The van der Waals surface area contributed by atoms with Crippen LogP contribution in [0.1, 0.15) is 194 Å². The minimum atomic E-state index is 0. The molecule has 41 heavy (non-hydrogen) atoms. The van der Waals surface area contributed by atoms with E-state index in [1.807, 2.05) is 14.1 Å². The summed E-state index contributed by atoms with van der Waals surface area (Å²) in [5, 5.41) is 6.42. The normalized spacial score (nSPS) is 11.2. The molecule has 0 spiro atoms. The number of unbranched alkanes of at least 4 members (excludes halogenated alkanes) is 24. The fourth-order valence-corrected chi connectivity index (χ4v) is 5.12. The van der Waals surface area contributed by atoms with E-state index in [0.29, 0.717) is 0 Å². The van der Waals surface area contributed by atoms with Crippen molar-refractivity contribution in [2.75, 3.05) is 27.2 Å². The predicted molar refractivity (Wildman–Crippen MR) is 194 cm³/mol. The summed E-state index contributed by atoms with van der Waals surface area (Å²) >= 11 is 0. The number of hydrogen-bond acceptors (Lipinski definition) is 2. The molecule has 0 aromatic rings. The molecule has 3 heteroatoms. The molecule has 0 atom stereocenters. The Labute approximate surface area is 267 Å². The Morgan fingerprint density at radius 1 is 0.341 bits per heavy atom. The largest absolute Gasteiger partial charge is 0.323 e. The Bertz CT molecular complexity index is 423. The van der Waals surface area contributed by atoms with Gasteiger partial charge in [-0.1, -0.05) is 154 Å². The highest BCUT2D eigenvalue weighted by Gasteiger charge is 1.94. The lowest BCUT2D eigenvalue weighted by Gasteiger charge is -2.05. The second kappa shape index (κ2) is 46.6. The van der Waals surface area contributed by atoms with Gasteiger partial charge in [0.15, 0.2) is 0 Å². The summed E-state index contributed by atoms with van der Waals surface area (Å²) in [6.45, 7) is 7.04. The van der Waals surface area contributed by atoms with E-state index in [9.17, 15) is 0 Å². The summed E-state index contributed by atoms with van der Waals surface area (Å²) in [5.74, 6) is 0. The molecule has 0 radical (unpaired) electrons. The summed E-state index contributed by atoms with van der Waals surface area (Å²) in [6, 6.07) is 0. The van der Waals surface area contributed by atoms with Gasteiger partial charge in [0.2, 0.25) is 0 Å². The van der Waals surface area contributed by atoms with Crippen LogP contribution in [0.4, 0.5) is 0 Å². The van der Waals surface area contributed by atoms with Gasteiger partial charge in [0, 0.05) is 0 Å². The second-order valence-electron chi connectivity index (χ2n) is 12.1. The molecule has 0 aromatic heterocycles. The lowest BCUT2D eigenvalue weighted by molar-refractivity contribution is 0.539. The van der Waals surface area contributed by atoms with E-state index < -0.39 is 0 Å². The van der Waals surface area contributed by atoms with E-state index >= 15 is 0 Å². The van der Waals surface area contributed by atoms with Crippen molar-refractivity contribution in [3.05, 3.63) is 24.3 Å². The van der Waals surface area contributed by atoms with Gasteiger partial charge < -0.3 is 10.6 Å². The highest BCUT2D eigenvalue weighted by Crippen LogP contribution is 2.11. The van der Waals surface area contributed by atoms with Gasteiger partial charge in [-0.25, -0.2) is 0 Å². The van der Waals surface area contributed by atoms with E-state index in [0.717, 1.165) is 0 Å². The Hall–Kier alpha value is -0.310. The predicted octanol–water partition coefficient (Wildman–Crippen LogP) is 12.9. The molecule has 0 saturated heterocycles. The van der Waals surface area contributed by atoms with Crippen LogP contribution >= 0.6 is 12.4 Å². The molecule has 0 fully saturated rings. The first-order valence-corrected chi connectivity index (χ1v) is 18.4. The third-order valence-electron chi connectivity index (χ3n) is 7.73. The molecule has 0 unspecified atom stereocenters. The SMILES string of the molecule is CCCCCCCCC=CCCCCCCCCNCCCCCCCCC=CCCCCCCCC.CNC.Cl. The third kappa shape index (κ3) is 49.7. The fraction of sp³-hybridized carbons (Fsp3) is 0.895. The summed E-state index contributed by atoms with van der Waals surface area (Å²) in [4.78, 5) is 0. The van der Waals surface area contributed by atoms with Crippen molar-refractivity contribution >= 4 is 12.4 Å². The van der Waals surface area contributed by atoms with Crippen LogP contribution in [0.25, 0.3) is 0 Å². The molecular formula is C38H79ClN2. The van der Waals surface area contributed by atoms with Crippen molar-refractivity contribution in [3.8, 4) is 0 Å². The molecule has 248 valence electrons. The summed E-state index contributed by atoms with van der Waals surface area (Å²) in [5.41, 5.74) is 0. The van der Waals surface area contributed by atoms with Crippen molar-refractivity contribution in [2.45, 2.75) is 194 Å². The second-order valence-corrected chi connectivity index (χ2v) is 12.1. The van der Waals surface area contributed by atoms with Gasteiger partial charge in [0.1, 0.15) is 0 Å². The maximum Gasteiger partial charge on any atom is -0.00489 e. The van der Waals surface area contributed by atoms with Gasteiger partial charge in [0.25, 0.3) is 0 Å². The molecule has 0 aromatic carbocycles. The quantitative estimate of drug-likeness (QED) is 0.0594. The molecule has 0 amide bonds. The lowest BCUT2D eigenvalue weighted by atomic mass is 10.1. The topological polar surface area (TPSA) is 24.1 Å². The summed E-state index contributed by atoms with van der Waals surface area (Å²) in [7, 11) is 3.75. The molecule has 0 bridgehead atoms. The number of hydrogen-bond donors (Lipinski definition) is 2. The van der Waals surface area contributed by atoms with Gasteiger partial charge in [-0.3, -0.25) is 0 Å². The Kier molecular flexibility index (Phi) is 51.3. The standard InChI is InChI=1S/C36H71N.C2H7N.ClH/c1-3-5-7-9-11-13-15-17-19-21-23-25-27-29-31-33-35-37-36-34-32-30-28-26-24-22-20-18-16-14-12-10-8-6-4-2;1-3-2;/h17-20,37H,3-16,21-36H2,1-2H3;3H,1-2H3;1H. The first-order valence-electron chi connectivity index (χ1n) is 18.4. The first kappa shape index (κ1) is 45.1. The van der Waals surface area contributed by atoms with Crippen molar-refractivity contribution in [1.29, 1.82) is 0 Å². The molecule has 2 N–H and O–H groups in total. The van der Waals surface area contributed by atoms with Crippen molar-refractivity contribution in [2.24, 2.45) is 0 Å². The molecule has 0 aliphatic rings. The number of allylic oxidation sites excluding steroid dienone is 4. The average molecular weight is 600 g/mol. The number of rotatable bonds is 32. The van der Waals surface area contributed by atoms with Crippen molar-refractivity contribution < 1.29 is 0 Å². The summed E-state index contributed by atoms with van der Waals surface area (Å²) in [6.07, 6.45) is 48.8. The van der Waals surface area contributed by atoms with Crippen molar-refractivity contribution in [3.63, 3.8) is 0 Å². The third-order valence-corrected chi connectivity index (χ3v) is 7.73. The van der Waals surface area contributed by atoms with Crippen molar-refractivity contribution in [1.82, 2.24) is 10.6 Å². The van der Waals surface area contributed by atoms with Gasteiger partial charge in [0.05, 0.1) is 0 Å². The van der Waals surface area contributed by atoms with E-state index in [1.165, 1.54) is 193 Å². The van der Waals surface area contributed by atoms with Gasteiger partial charge in [-0.2, -0.15) is 0 Å². The van der Waals surface area contributed by atoms with Crippen LogP contribution in [0.5, 0.6) is 0 Å². The zero-order valence-corrected chi connectivity index (χ0v) is 29.7. The Morgan fingerprint density at radius 2 is 0.561 bits per heavy atom. The highest BCUT2D eigenvalue weighted by molar-refractivity contribution is 5.85. The van der Waals surface area contributed by atoms with Crippen LogP contribution in [-0.2, 0) is 0 Å². The van der Waals surface area contributed by atoms with E-state index in [-0.39, 0.29) is 12.4 Å². The van der Waals surface area contributed by atoms with E-state index in [2.05, 4.69) is 48.8 Å². The van der Waals surface area contributed by atoms with Crippen LogP contribution < -0.4 is 10.6 Å². The molecular weight excluding hydrogens is 520 g/mol. The van der Waals surface area contributed by atoms with Crippen LogP contribution in [0.3, 0.4) is 0 Å². The van der Waals surface area contributed by atoms with Gasteiger partial charge >= 0.3 is 0 Å². The van der Waals surface area contributed by atoms with Gasteiger partial charge in [-0.15, -0.1) is 12.4 Å². The molecule has 2 nitrogen and oxygen atoms in total. The first-order chi connectivity index (χ1) is 19.8. The number of nitrogens with one attached hydrogen (secondary N) is 2. The minimum absolute atomic E-state index is 0. The van der Waals surface area contributed by atoms with Crippen LogP contribution in [-0.4, -0.2) is 27.2 Å². The minimum Gasteiger partial charge on any atom is -0.323 e. The smallest absolute Gasteiger partial charge is 0.00489 e. The average Bonchev–Trinajstić information content (AvgIpc) is 2.96. The monoisotopic (exact) mass is 599 g/mol. The Balaban J connectivity index is -0.00000344. The molecule has 0 rings (SSSR count). The van der Waals surface area contributed by atoms with Crippen LogP contribution in [0.15, 0.2) is 24.3 Å². The van der Waals surface area contributed by atoms with Crippen LogP contribution in [0.2, 0.25) is 0 Å². The van der Waals surface area contributed by atoms with Crippen LogP contribution in [0, 0.1) is 0 Å². The summed E-state index contributed by atoms with van der Waals surface area (Å²) < 4.78 is 0. The van der Waals surface area contributed by atoms with E-state index in [1.54, 1.807) is 0 Å². The van der Waals surface area contributed by atoms with Gasteiger partial charge in [-0.05, 0) is 91.4 Å². The van der Waals surface area contributed by atoms with E-state index in [4.69, 9.17) is 0 Å². The molecule has 0 aliphatic carbocycles. The maximum atomic E-state index is 3.67. The lowest BCUT2D eigenvalue weighted by Crippen LogP contribution is -2.16. The fourth-order valence-electron chi connectivity index (χ4n) is 5.12. The highest BCUT2D eigenvalue weighted by atomic mass is 35.5. The molecule has 0 aliphatic heterocycles. The number of halogens is 1. The molecule has 0 saturated carbocycles.